The number of carboxylic acids is 1. The molecule has 15 heavy (non-hydrogen) atoms. The zero-order chi connectivity index (χ0) is 11.3. The molecule has 1 saturated heterocycles. The van der Waals surface area contributed by atoms with Crippen molar-refractivity contribution in [2.75, 3.05) is 13.2 Å². The van der Waals surface area contributed by atoms with Crippen molar-refractivity contribution in [3.63, 3.8) is 0 Å². The summed E-state index contributed by atoms with van der Waals surface area (Å²) < 4.78 is 17.2. The Bertz CT molecular complexity index is 236. The zero-order valence-corrected chi connectivity index (χ0v) is 9.79. The third-order valence-electron chi connectivity index (χ3n) is 2.60. The molecule has 2 atom stereocenters. The van der Waals surface area contributed by atoms with E-state index >= 15 is 0 Å². The van der Waals surface area contributed by atoms with Crippen LogP contribution in [0.2, 0.25) is 0 Å². The topological polar surface area (TPSA) is 63.6 Å². The third-order valence-corrected chi connectivity index (χ3v) is 4.73. The van der Waals surface area contributed by atoms with Crippen molar-refractivity contribution in [3.05, 3.63) is 0 Å². The van der Waals surface area contributed by atoms with Crippen LogP contribution in [0.3, 0.4) is 0 Å². The number of carboxylic acid groups (broad SMARTS) is 1. The van der Waals surface area contributed by atoms with Gasteiger partial charge in [0.1, 0.15) is 5.25 Å². The van der Waals surface area contributed by atoms with Gasteiger partial charge in [-0.15, -0.1) is 0 Å². The molecule has 1 aliphatic rings. The maximum atomic E-state index is 12.0. The lowest BCUT2D eigenvalue weighted by atomic mass is 10.2. The second kappa shape index (κ2) is 6.23. The number of hydrogen-bond donors (Lipinski definition) is 1. The molecule has 1 N–H and O–H groups in total. The highest BCUT2D eigenvalue weighted by molar-refractivity contribution is 7.87. The quantitative estimate of drug-likeness (QED) is 0.775. The van der Waals surface area contributed by atoms with Gasteiger partial charge in [0.05, 0.1) is 0 Å². The van der Waals surface area contributed by atoms with Crippen LogP contribution in [0, 0.1) is 0 Å². The van der Waals surface area contributed by atoms with E-state index in [1.54, 1.807) is 0 Å². The summed E-state index contributed by atoms with van der Waals surface area (Å²) in [6, 6.07) is 0. The Hall–Kier alpha value is -0.420. The fourth-order valence-electron chi connectivity index (χ4n) is 1.74. The summed E-state index contributed by atoms with van der Waals surface area (Å²) in [5.74, 6) is -0.929. The van der Waals surface area contributed by atoms with E-state index in [-0.39, 0.29) is 5.25 Å². The Kier molecular flexibility index (Phi) is 5.25. The van der Waals surface area contributed by atoms with E-state index in [2.05, 4.69) is 0 Å². The fourth-order valence-corrected chi connectivity index (χ4v) is 3.53. The predicted octanol–water partition coefficient (Wildman–Crippen LogP) is 1.17. The monoisotopic (exact) mass is 234 g/mol. The number of hydrogen-bond acceptors (Lipinski definition) is 3. The largest absolute Gasteiger partial charge is 0.480 e. The van der Waals surface area contributed by atoms with Crippen LogP contribution in [-0.2, 0) is 20.3 Å². The molecule has 1 rings (SSSR count). The van der Waals surface area contributed by atoms with E-state index in [9.17, 15) is 9.00 Å². The molecule has 2 unspecified atom stereocenters. The fraction of sp³-hybridized carbons (Fsp3) is 0.900. The summed E-state index contributed by atoms with van der Waals surface area (Å²) >= 11 is 0. The molecule has 4 nitrogen and oxygen atoms in total. The normalized spacial score (nSPS) is 22.2. The standard InChI is InChI=1S/C10H18O4S/c1-2-3-9(10(11)12)15(13)8-4-6-14-7-5-8/h8-9H,2-7H2,1H3,(H,11,12). The van der Waals surface area contributed by atoms with Crippen molar-refractivity contribution in [1.29, 1.82) is 0 Å². The van der Waals surface area contributed by atoms with Gasteiger partial charge in [-0.05, 0) is 19.3 Å². The van der Waals surface area contributed by atoms with Gasteiger partial charge in [0.25, 0.3) is 0 Å². The highest BCUT2D eigenvalue weighted by Gasteiger charge is 2.30. The Morgan fingerprint density at radius 1 is 1.53 bits per heavy atom. The highest BCUT2D eigenvalue weighted by Crippen LogP contribution is 2.19. The summed E-state index contributed by atoms with van der Waals surface area (Å²) in [5, 5.41) is 8.29. The SMILES string of the molecule is CCCC(C(=O)O)S(=O)C1CCOCC1. The predicted molar refractivity (Wildman–Crippen MR) is 58.3 cm³/mol. The van der Waals surface area contributed by atoms with E-state index in [0.29, 0.717) is 19.6 Å². The molecular weight excluding hydrogens is 216 g/mol. The highest BCUT2D eigenvalue weighted by atomic mass is 32.2. The van der Waals surface area contributed by atoms with Crippen molar-refractivity contribution in [1.82, 2.24) is 0 Å². The summed E-state index contributed by atoms with van der Waals surface area (Å²) in [5.41, 5.74) is 0. The summed E-state index contributed by atoms with van der Waals surface area (Å²) in [6.45, 7) is 3.13. The molecule has 0 aromatic heterocycles. The lowest BCUT2D eigenvalue weighted by molar-refractivity contribution is -0.136. The van der Waals surface area contributed by atoms with E-state index < -0.39 is 22.0 Å². The molecule has 1 fully saturated rings. The molecule has 88 valence electrons. The Balaban J connectivity index is 2.57. The van der Waals surface area contributed by atoms with E-state index in [0.717, 1.165) is 19.3 Å². The molecule has 0 amide bonds. The van der Waals surface area contributed by atoms with Crippen LogP contribution in [0.15, 0.2) is 0 Å². The smallest absolute Gasteiger partial charge is 0.319 e. The molecule has 1 aliphatic heterocycles. The Morgan fingerprint density at radius 3 is 2.60 bits per heavy atom. The Labute approximate surface area is 92.5 Å². The zero-order valence-electron chi connectivity index (χ0n) is 8.98. The average Bonchev–Trinajstić information content (AvgIpc) is 2.26. The van der Waals surface area contributed by atoms with Crippen LogP contribution in [0.1, 0.15) is 32.6 Å². The molecule has 1 heterocycles. The Morgan fingerprint density at radius 2 is 2.13 bits per heavy atom. The number of rotatable bonds is 5. The lowest BCUT2D eigenvalue weighted by Crippen LogP contribution is -2.35. The van der Waals surface area contributed by atoms with Crippen LogP contribution in [-0.4, -0.2) is 39.0 Å². The second-order valence-corrected chi connectivity index (χ2v) is 5.65. The van der Waals surface area contributed by atoms with E-state index in [1.165, 1.54) is 0 Å². The van der Waals surface area contributed by atoms with Crippen molar-refractivity contribution >= 4 is 16.8 Å². The van der Waals surface area contributed by atoms with Crippen LogP contribution in [0.5, 0.6) is 0 Å². The van der Waals surface area contributed by atoms with Gasteiger partial charge in [-0.1, -0.05) is 13.3 Å². The van der Waals surface area contributed by atoms with Crippen molar-refractivity contribution in [2.24, 2.45) is 0 Å². The molecule has 0 saturated carbocycles. The van der Waals surface area contributed by atoms with Crippen molar-refractivity contribution in [2.45, 2.75) is 43.1 Å². The number of aliphatic carboxylic acids is 1. The summed E-state index contributed by atoms with van der Waals surface area (Å²) in [4.78, 5) is 10.9. The van der Waals surface area contributed by atoms with E-state index in [4.69, 9.17) is 9.84 Å². The summed E-state index contributed by atoms with van der Waals surface area (Å²) in [7, 11) is -1.25. The molecule has 0 spiro atoms. The van der Waals surface area contributed by atoms with Crippen LogP contribution >= 0.6 is 0 Å². The minimum atomic E-state index is -1.25. The van der Waals surface area contributed by atoms with Crippen molar-refractivity contribution in [3.8, 4) is 0 Å². The van der Waals surface area contributed by atoms with Gasteiger partial charge >= 0.3 is 5.97 Å². The number of ether oxygens (including phenoxy) is 1. The van der Waals surface area contributed by atoms with Gasteiger partial charge in [0.2, 0.25) is 0 Å². The average molecular weight is 234 g/mol. The van der Waals surface area contributed by atoms with E-state index in [1.807, 2.05) is 6.92 Å². The molecule has 0 aliphatic carbocycles. The molecule has 0 aromatic rings. The molecule has 0 radical (unpaired) electrons. The van der Waals surface area contributed by atoms with Gasteiger partial charge in [-0.25, -0.2) is 0 Å². The van der Waals surface area contributed by atoms with Gasteiger partial charge in [0.15, 0.2) is 0 Å². The second-order valence-electron chi connectivity index (χ2n) is 3.76. The first-order valence-corrected chi connectivity index (χ1v) is 6.64. The first-order valence-electron chi connectivity index (χ1n) is 5.36. The maximum absolute atomic E-state index is 12.0. The first kappa shape index (κ1) is 12.6. The molecular formula is C10H18O4S. The van der Waals surface area contributed by atoms with Gasteiger partial charge in [-0.2, -0.15) is 0 Å². The third kappa shape index (κ3) is 3.57. The van der Waals surface area contributed by atoms with Gasteiger partial charge in [0, 0.05) is 29.3 Å². The van der Waals surface area contributed by atoms with Gasteiger partial charge < -0.3 is 9.84 Å². The lowest BCUT2D eigenvalue weighted by Gasteiger charge is -2.24. The van der Waals surface area contributed by atoms with Crippen LogP contribution in [0.25, 0.3) is 0 Å². The minimum Gasteiger partial charge on any atom is -0.480 e. The van der Waals surface area contributed by atoms with Crippen LogP contribution in [0.4, 0.5) is 0 Å². The van der Waals surface area contributed by atoms with Crippen molar-refractivity contribution < 1.29 is 18.8 Å². The molecule has 0 bridgehead atoms. The van der Waals surface area contributed by atoms with Gasteiger partial charge in [-0.3, -0.25) is 9.00 Å². The summed E-state index contributed by atoms with van der Waals surface area (Å²) in [6.07, 6.45) is 2.70. The van der Waals surface area contributed by atoms with Crippen LogP contribution < -0.4 is 0 Å². The first-order chi connectivity index (χ1) is 7.16. The molecule has 0 aromatic carbocycles. The number of carbonyl (C=O) groups is 1. The minimum absolute atomic E-state index is 0.00593. The molecule has 5 heteroatoms. The maximum Gasteiger partial charge on any atom is 0.319 e.